The van der Waals surface area contributed by atoms with E-state index in [1.165, 1.54) is 0 Å². The van der Waals surface area contributed by atoms with Gasteiger partial charge in [-0.1, -0.05) is 20.8 Å². The van der Waals surface area contributed by atoms with Crippen LogP contribution in [-0.4, -0.2) is 37.7 Å². The van der Waals surface area contributed by atoms with Crippen LogP contribution in [0.4, 0.5) is 0 Å². The van der Waals surface area contributed by atoms with Gasteiger partial charge in [-0.25, -0.2) is 0 Å². The van der Waals surface area contributed by atoms with Crippen LogP contribution in [0.1, 0.15) is 33.6 Å². The molecule has 0 aliphatic heterocycles. The molecule has 0 aromatic carbocycles. The number of ether oxygens (including phenoxy) is 1. The van der Waals surface area contributed by atoms with Crippen LogP contribution in [0.15, 0.2) is 0 Å². The fourth-order valence-electron chi connectivity index (χ4n) is 1.25. The summed E-state index contributed by atoms with van der Waals surface area (Å²) in [5.74, 6) is 0.714. The minimum Gasteiger partial charge on any atom is -0.380 e. The van der Waals surface area contributed by atoms with Crippen molar-refractivity contribution in [3.63, 3.8) is 0 Å². The molecule has 0 atom stereocenters. The molecular weight excluding hydrogens is 188 g/mol. The molecule has 3 nitrogen and oxygen atoms in total. The quantitative estimate of drug-likeness (QED) is 0.550. The molecule has 0 rings (SSSR count). The van der Waals surface area contributed by atoms with Gasteiger partial charge >= 0.3 is 0 Å². The van der Waals surface area contributed by atoms with Gasteiger partial charge in [-0.05, 0) is 18.9 Å². The molecule has 0 fully saturated rings. The first kappa shape index (κ1) is 14.4. The third-order valence-corrected chi connectivity index (χ3v) is 2.38. The van der Waals surface area contributed by atoms with Crippen molar-refractivity contribution in [2.24, 2.45) is 5.92 Å². The summed E-state index contributed by atoms with van der Waals surface area (Å²) in [7, 11) is 0. The summed E-state index contributed by atoms with van der Waals surface area (Å²) in [4.78, 5) is 2.25. The van der Waals surface area contributed by atoms with Gasteiger partial charge in [-0.2, -0.15) is 5.26 Å². The molecule has 0 amide bonds. The van der Waals surface area contributed by atoms with Gasteiger partial charge in [0.15, 0.2) is 0 Å². The Bertz CT molecular complexity index is 175. The van der Waals surface area contributed by atoms with Crippen molar-refractivity contribution in [2.75, 3.05) is 32.8 Å². The van der Waals surface area contributed by atoms with Crippen LogP contribution >= 0.6 is 0 Å². The third kappa shape index (κ3) is 9.71. The van der Waals surface area contributed by atoms with Gasteiger partial charge in [0.05, 0.1) is 12.7 Å². The van der Waals surface area contributed by atoms with Crippen molar-refractivity contribution >= 4 is 0 Å². The first-order valence-electron chi connectivity index (χ1n) is 5.87. The lowest BCUT2D eigenvalue weighted by atomic mass is 10.1. The van der Waals surface area contributed by atoms with Crippen LogP contribution in [0.3, 0.4) is 0 Å². The van der Waals surface area contributed by atoms with Crippen molar-refractivity contribution in [3.05, 3.63) is 0 Å². The molecule has 0 aliphatic carbocycles. The van der Waals surface area contributed by atoms with Crippen molar-refractivity contribution in [3.8, 4) is 6.07 Å². The zero-order valence-electron chi connectivity index (χ0n) is 10.3. The SMILES string of the molecule is CCN(CCC#N)CCOCCC(C)C. The molecule has 0 radical (unpaired) electrons. The average Bonchev–Trinajstić information content (AvgIpc) is 2.21. The lowest BCUT2D eigenvalue weighted by Crippen LogP contribution is -2.28. The number of hydrogen-bond acceptors (Lipinski definition) is 3. The van der Waals surface area contributed by atoms with E-state index in [0.29, 0.717) is 12.3 Å². The van der Waals surface area contributed by atoms with Gasteiger partial charge in [0, 0.05) is 26.1 Å². The first-order chi connectivity index (χ1) is 7.20. The molecule has 0 saturated carbocycles. The van der Waals surface area contributed by atoms with Gasteiger partial charge < -0.3 is 9.64 Å². The summed E-state index contributed by atoms with van der Waals surface area (Å²) in [6.45, 7) is 11.0. The van der Waals surface area contributed by atoms with Crippen LogP contribution in [-0.2, 0) is 4.74 Å². The molecule has 0 aromatic rings. The molecule has 0 N–H and O–H groups in total. The Morgan fingerprint density at radius 2 is 2.00 bits per heavy atom. The van der Waals surface area contributed by atoms with Crippen LogP contribution in [0.5, 0.6) is 0 Å². The topological polar surface area (TPSA) is 36.3 Å². The van der Waals surface area contributed by atoms with Gasteiger partial charge in [0.2, 0.25) is 0 Å². The molecule has 0 aliphatic rings. The highest BCUT2D eigenvalue weighted by molar-refractivity contribution is 4.71. The molecule has 0 heterocycles. The Hall–Kier alpha value is -0.590. The zero-order chi connectivity index (χ0) is 11.5. The first-order valence-corrected chi connectivity index (χ1v) is 5.87. The van der Waals surface area contributed by atoms with E-state index < -0.39 is 0 Å². The highest BCUT2D eigenvalue weighted by atomic mass is 16.5. The summed E-state index contributed by atoms with van der Waals surface area (Å²) in [6.07, 6.45) is 1.74. The monoisotopic (exact) mass is 212 g/mol. The zero-order valence-corrected chi connectivity index (χ0v) is 10.3. The summed E-state index contributed by atoms with van der Waals surface area (Å²) in [5.41, 5.74) is 0. The fourth-order valence-corrected chi connectivity index (χ4v) is 1.25. The second-order valence-electron chi connectivity index (χ2n) is 4.14. The number of likely N-dealkylation sites (N-methyl/N-ethyl adjacent to an activating group) is 1. The highest BCUT2D eigenvalue weighted by Crippen LogP contribution is 1.99. The average molecular weight is 212 g/mol. The summed E-state index contributed by atoms with van der Waals surface area (Å²) in [6, 6.07) is 2.17. The molecule has 15 heavy (non-hydrogen) atoms. The minimum absolute atomic E-state index is 0.611. The third-order valence-electron chi connectivity index (χ3n) is 2.38. The number of rotatable bonds is 9. The van der Waals surface area contributed by atoms with Gasteiger partial charge in [-0.15, -0.1) is 0 Å². The largest absolute Gasteiger partial charge is 0.380 e. The van der Waals surface area contributed by atoms with E-state index in [-0.39, 0.29) is 0 Å². The van der Waals surface area contributed by atoms with Gasteiger partial charge in [0.1, 0.15) is 0 Å². The smallest absolute Gasteiger partial charge is 0.0635 e. The van der Waals surface area contributed by atoms with E-state index >= 15 is 0 Å². The van der Waals surface area contributed by atoms with E-state index in [1.54, 1.807) is 0 Å². The molecular formula is C12H24N2O. The van der Waals surface area contributed by atoms with E-state index in [4.69, 9.17) is 10.00 Å². The van der Waals surface area contributed by atoms with Crippen molar-refractivity contribution in [1.29, 1.82) is 5.26 Å². The Morgan fingerprint density at radius 3 is 2.53 bits per heavy atom. The van der Waals surface area contributed by atoms with Crippen LogP contribution in [0.2, 0.25) is 0 Å². The highest BCUT2D eigenvalue weighted by Gasteiger charge is 2.01. The van der Waals surface area contributed by atoms with Gasteiger partial charge in [0.25, 0.3) is 0 Å². The molecule has 3 heteroatoms. The fraction of sp³-hybridized carbons (Fsp3) is 0.917. The second kappa shape index (κ2) is 9.95. The number of nitrogens with zero attached hydrogens (tertiary/aromatic N) is 2. The van der Waals surface area contributed by atoms with Crippen molar-refractivity contribution < 1.29 is 4.74 Å². The maximum Gasteiger partial charge on any atom is 0.0635 e. The molecule has 0 unspecified atom stereocenters. The predicted molar refractivity (Wildman–Crippen MR) is 62.6 cm³/mol. The van der Waals surface area contributed by atoms with E-state index in [1.807, 2.05) is 0 Å². The Kier molecular flexibility index (Phi) is 9.55. The molecule has 88 valence electrons. The predicted octanol–water partition coefficient (Wildman–Crippen LogP) is 2.28. The molecule has 0 saturated heterocycles. The Morgan fingerprint density at radius 1 is 1.27 bits per heavy atom. The standard InChI is InChI=1S/C12H24N2O/c1-4-14(8-5-7-13)9-11-15-10-6-12(2)3/h12H,4-6,8-11H2,1-3H3. The molecule has 0 bridgehead atoms. The maximum atomic E-state index is 8.47. The van der Waals surface area contributed by atoms with E-state index in [2.05, 4.69) is 31.7 Å². The molecule has 0 aromatic heterocycles. The van der Waals surface area contributed by atoms with Crippen LogP contribution in [0, 0.1) is 17.2 Å². The minimum atomic E-state index is 0.611. The Balaban J connectivity index is 3.34. The van der Waals surface area contributed by atoms with E-state index in [0.717, 1.165) is 39.3 Å². The Labute approximate surface area is 94.0 Å². The second-order valence-corrected chi connectivity index (χ2v) is 4.14. The molecule has 0 spiro atoms. The van der Waals surface area contributed by atoms with Crippen LogP contribution < -0.4 is 0 Å². The van der Waals surface area contributed by atoms with Crippen molar-refractivity contribution in [1.82, 2.24) is 4.90 Å². The normalized spacial score (nSPS) is 10.9. The van der Waals surface area contributed by atoms with Gasteiger partial charge in [-0.3, -0.25) is 0 Å². The number of nitriles is 1. The summed E-state index contributed by atoms with van der Waals surface area (Å²) < 4.78 is 5.53. The summed E-state index contributed by atoms with van der Waals surface area (Å²) in [5, 5.41) is 8.47. The summed E-state index contributed by atoms with van der Waals surface area (Å²) >= 11 is 0. The van der Waals surface area contributed by atoms with Crippen LogP contribution in [0.25, 0.3) is 0 Å². The van der Waals surface area contributed by atoms with Crippen molar-refractivity contribution in [2.45, 2.75) is 33.6 Å². The van der Waals surface area contributed by atoms with E-state index in [9.17, 15) is 0 Å². The number of hydrogen-bond donors (Lipinski definition) is 0. The lowest BCUT2D eigenvalue weighted by Gasteiger charge is -2.18. The lowest BCUT2D eigenvalue weighted by molar-refractivity contribution is 0.0981. The maximum absolute atomic E-state index is 8.47.